The molecule has 0 aliphatic heterocycles. The van der Waals surface area contributed by atoms with Crippen molar-refractivity contribution in [1.82, 2.24) is 0 Å². The maximum Gasteiger partial charge on any atom is 2.00 e. The average Bonchev–Trinajstić information content (AvgIpc) is 3.13. The van der Waals surface area contributed by atoms with Crippen molar-refractivity contribution < 1.29 is 39.3 Å². The van der Waals surface area contributed by atoms with Gasteiger partial charge >= 0.3 is 19.5 Å². The Balaban J connectivity index is -0.000000926. The number of hydrogen-bond acceptors (Lipinski definition) is 4. The van der Waals surface area contributed by atoms with E-state index in [1.54, 1.807) is 0 Å². The van der Waals surface area contributed by atoms with E-state index < -0.39 is 11.9 Å². The minimum absolute atomic E-state index is 0. The zero-order chi connectivity index (χ0) is 38.3. The summed E-state index contributed by atoms with van der Waals surface area (Å²) < 4.78 is 0. The molecule has 0 spiro atoms. The second-order valence-corrected chi connectivity index (χ2v) is 15.7. The van der Waals surface area contributed by atoms with Gasteiger partial charge in [0.15, 0.2) is 0 Å². The zero-order valence-electron chi connectivity index (χ0n) is 35.9. The quantitative estimate of drug-likeness (QED) is 0.0350. The Morgan fingerprint density at radius 3 is 0.660 bits per heavy atom. The van der Waals surface area contributed by atoms with Crippen molar-refractivity contribution in [3.8, 4) is 0 Å². The number of rotatable bonds is 42. The second kappa shape index (κ2) is 53.1. The van der Waals surface area contributed by atoms with Crippen LogP contribution in [0, 0.1) is 0 Å². The van der Waals surface area contributed by atoms with Gasteiger partial charge < -0.3 is 19.8 Å². The van der Waals surface area contributed by atoms with E-state index in [1.165, 1.54) is 218 Å². The van der Waals surface area contributed by atoms with Crippen molar-refractivity contribution >= 4 is 11.9 Å². The molecule has 4 nitrogen and oxygen atoms in total. The predicted molar refractivity (Wildman–Crippen MR) is 224 cm³/mol. The molecule has 0 amide bonds. The van der Waals surface area contributed by atoms with Crippen LogP contribution in [-0.2, 0) is 29.1 Å². The van der Waals surface area contributed by atoms with Crippen LogP contribution in [0.3, 0.4) is 0 Å². The molecule has 0 rings (SSSR count). The Kier molecular flexibility index (Phi) is 56.5. The number of aliphatic carboxylic acids is 2. The van der Waals surface area contributed by atoms with Crippen LogP contribution in [0.15, 0.2) is 24.3 Å². The Hall–Kier alpha value is -0.957. The van der Waals surface area contributed by atoms with Gasteiger partial charge in [0.1, 0.15) is 0 Å². The molecule has 0 aromatic carbocycles. The van der Waals surface area contributed by atoms with Gasteiger partial charge in [-0.05, 0) is 77.0 Å². The molecule has 0 saturated carbocycles. The first-order chi connectivity index (χ1) is 25.5. The number of carbonyl (C=O) groups is 2. The van der Waals surface area contributed by atoms with E-state index in [-0.39, 0.29) is 32.3 Å². The molecule has 0 radical (unpaired) electrons. The first-order valence-electron chi connectivity index (χ1n) is 23.2. The largest absolute Gasteiger partial charge is 2.00 e. The molecular weight excluding hydrogens is 706 g/mol. The van der Waals surface area contributed by atoms with Crippen LogP contribution >= 0.6 is 0 Å². The van der Waals surface area contributed by atoms with Gasteiger partial charge in [-0.15, -0.1) is 0 Å². The van der Waals surface area contributed by atoms with Gasteiger partial charge in [-0.1, -0.05) is 218 Å². The molecule has 53 heavy (non-hydrogen) atoms. The van der Waals surface area contributed by atoms with E-state index in [0.29, 0.717) is 0 Å². The molecule has 0 N–H and O–H groups in total. The van der Waals surface area contributed by atoms with Crippen LogP contribution in [0.25, 0.3) is 0 Å². The normalized spacial score (nSPS) is 11.2. The molecule has 0 aliphatic carbocycles. The Bertz CT molecular complexity index is 688. The fourth-order valence-electron chi connectivity index (χ4n) is 6.80. The van der Waals surface area contributed by atoms with E-state index >= 15 is 0 Å². The summed E-state index contributed by atoms with van der Waals surface area (Å²) in [6.07, 6.45) is 59.5. The number of unbranched alkanes of at least 4 members (excludes halogenated alkanes) is 34. The van der Waals surface area contributed by atoms with Gasteiger partial charge in [0.2, 0.25) is 0 Å². The summed E-state index contributed by atoms with van der Waals surface area (Å²) >= 11 is 0. The standard InChI is InChI=1S/2C24H46O2.Zn/c2*1-2-3-4-5-6-7-8-9-10-11-12-13-14-15-16-17-18-19-20-21-22-23-24(25)26;/h2*9-10H,2-8,11-23H2,1H3,(H,25,26);/q;;+2/p-2/b2*10-9+;. The Morgan fingerprint density at radius 2 is 0.472 bits per heavy atom. The minimum Gasteiger partial charge on any atom is -0.550 e. The molecule has 5 heteroatoms. The zero-order valence-corrected chi connectivity index (χ0v) is 38.9. The summed E-state index contributed by atoms with van der Waals surface area (Å²) in [6, 6.07) is 0. The predicted octanol–water partition coefficient (Wildman–Crippen LogP) is 14.2. The monoisotopic (exact) mass is 795 g/mol. The van der Waals surface area contributed by atoms with Crippen molar-refractivity contribution in [3.05, 3.63) is 24.3 Å². The second-order valence-electron chi connectivity index (χ2n) is 15.7. The van der Waals surface area contributed by atoms with Gasteiger partial charge in [-0.3, -0.25) is 0 Å². The van der Waals surface area contributed by atoms with Crippen LogP contribution in [-0.4, -0.2) is 11.9 Å². The van der Waals surface area contributed by atoms with Crippen LogP contribution in [0.4, 0.5) is 0 Å². The van der Waals surface area contributed by atoms with Gasteiger partial charge in [0, 0.05) is 11.9 Å². The van der Waals surface area contributed by atoms with Crippen molar-refractivity contribution in [2.24, 2.45) is 0 Å². The molecule has 0 aliphatic rings. The summed E-state index contributed by atoms with van der Waals surface area (Å²) in [5.41, 5.74) is 0. The van der Waals surface area contributed by atoms with Crippen LogP contribution in [0.2, 0.25) is 0 Å². The van der Waals surface area contributed by atoms with Crippen molar-refractivity contribution in [2.75, 3.05) is 0 Å². The topological polar surface area (TPSA) is 80.3 Å². The van der Waals surface area contributed by atoms with Gasteiger partial charge in [0.25, 0.3) is 0 Å². The molecule has 308 valence electrons. The third kappa shape index (κ3) is 60.5. The summed E-state index contributed by atoms with van der Waals surface area (Å²) in [4.78, 5) is 20.6. The summed E-state index contributed by atoms with van der Waals surface area (Å²) in [5.74, 6) is -1.81. The number of carboxylic acids is 2. The van der Waals surface area contributed by atoms with Gasteiger partial charge in [0.05, 0.1) is 0 Å². The summed E-state index contributed by atoms with van der Waals surface area (Å²) in [5, 5.41) is 20.6. The van der Waals surface area contributed by atoms with Crippen molar-refractivity contribution in [1.29, 1.82) is 0 Å². The average molecular weight is 797 g/mol. The molecule has 0 atom stereocenters. The minimum atomic E-state index is -0.904. The Labute approximate surface area is 344 Å². The molecule has 0 aromatic heterocycles. The van der Waals surface area contributed by atoms with Crippen LogP contribution < -0.4 is 10.2 Å². The molecular formula is C48H90O4Zn. The molecule has 0 bridgehead atoms. The molecule has 0 fully saturated rings. The number of carboxylic acid groups (broad SMARTS) is 2. The van der Waals surface area contributed by atoms with Gasteiger partial charge in [-0.2, -0.15) is 0 Å². The summed E-state index contributed by atoms with van der Waals surface area (Å²) in [6.45, 7) is 4.55. The number of carbonyl (C=O) groups excluding carboxylic acids is 2. The van der Waals surface area contributed by atoms with Crippen molar-refractivity contribution in [3.63, 3.8) is 0 Å². The third-order valence-electron chi connectivity index (χ3n) is 10.3. The smallest absolute Gasteiger partial charge is 0.550 e. The molecule has 0 unspecified atom stereocenters. The molecule has 0 saturated heterocycles. The van der Waals surface area contributed by atoms with Crippen LogP contribution in [0.5, 0.6) is 0 Å². The summed E-state index contributed by atoms with van der Waals surface area (Å²) in [7, 11) is 0. The van der Waals surface area contributed by atoms with Crippen molar-refractivity contribution in [2.45, 2.75) is 271 Å². The fourth-order valence-corrected chi connectivity index (χ4v) is 6.80. The maximum atomic E-state index is 10.3. The fraction of sp³-hybridized carbons (Fsp3) is 0.875. The molecule has 0 heterocycles. The van der Waals surface area contributed by atoms with E-state index in [9.17, 15) is 19.8 Å². The van der Waals surface area contributed by atoms with Crippen LogP contribution in [0.1, 0.15) is 271 Å². The SMILES string of the molecule is CCCCCCCC/C=C/CCCCCCCCCCCCCC(=O)[O-].CCCCCCCC/C=C/CCCCCCCCCCCCCC(=O)[O-].[Zn+2]. The van der Waals surface area contributed by atoms with E-state index in [2.05, 4.69) is 38.2 Å². The number of hydrogen-bond donors (Lipinski definition) is 0. The Morgan fingerprint density at radius 1 is 0.302 bits per heavy atom. The first-order valence-corrected chi connectivity index (χ1v) is 23.2. The van der Waals surface area contributed by atoms with E-state index in [0.717, 1.165) is 25.7 Å². The maximum absolute atomic E-state index is 10.3. The van der Waals surface area contributed by atoms with E-state index in [1.807, 2.05) is 0 Å². The number of allylic oxidation sites excluding steroid dienone is 4. The first kappa shape index (κ1) is 56.4. The molecule has 0 aromatic rings. The third-order valence-corrected chi connectivity index (χ3v) is 10.3. The van der Waals surface area contributed by atoms with Gasteiger partial charge in [-0.25, -0.2) is 0 Å². The van der Waals surface area contributed by atoms with E-state index in [4.69, 9.17) is 0 Å².